The number of anilines is 4. The molecule has 0 aliphatic carbocycles. The summed E-state index contributed by atoms with van der Waals surface area (Å²) in [5.74, 6) is 2.28. The zero-order valence-corrected chi connectivity index (χ0v) is 19.3. The molecule has 0 bridgehead atoms. The molecular formula is C27H24N6O2. The Morgan fingerprint density at radius 3 is 2.23 bits per heavy atom. The van der Waals surface area contributed by atoms with E-state index in [1.165, 1.54) is 0 Å². The molecule has 2 aromatic heterocycles. The highest BCUT2D eigenvalue weighted by Crippen LogP contribution is 2.31. The molecule has 5 aromatic rings. The second-order valence-electron chi connectivity index (χ2n) is 7.91. The van der Waals surface area contributed by atoms with Gasteiger partial charge in [-0.3, -0.25) is 0 Å². The van der Waals surface area contributed by atoms with Gasteiger partial charge in [0.25, 0.3) is 0 Å². The largest absolute Gasteiger partial charge is 0.497 e. The van der Waals surface area contributed by atoms with Crippen LogP contribution < -0.4 is 26.3 Å². The van der Waals surface area contributed by atoms with E-state index in [4.69, 9.17) is 25.9 Å². The van der Waals surface area contributed by atoms with Gasteiger partial charge in [-0.05, 0) is 60.7 Å². The van der Waals surface area contributed by atoms with Crippen LogP contribution in [0, 0.1) is 0 Å². The van der Waals surface area contributed by atoms with Crippen molar-refractivity contribution in [2.45, 2.75) is 0 Å². The summed E-state index contributed by atoms with van der Waals surface area (Å²) in [5, 5.41) is 4.13. The third kappa shape index (κ3) is 4.63. The number of aromatic nitrogens is 3. The summed E-state index contributed by atoms with van der Waals surface area (Å²) in [7, 11) is 3.27. The van der Waals surface area contributed by atoms with Crippen LogP contribution in [0.3, 0.4) is 0 Å². The van der Waals surface area contributed by atoms with E-state index in [0.29, 0.717) is 17.2 Å². The molecule has 0 aliphatic heterocycles. The SMILES string of the molecule is COc1ccc(-c2cc(Nc3ccc4nc(-c5cccc(OC)c5)cc(N)c4c3)nc(N)n2)cc1. The Hall–Kier alpha value is -4.85. The molecule has 5 N–H and O–H groups in total. The van der Waals surface area contributed by atoms with Gasteiger partial charge < -0.3 is 26.3 Å². The Bertz CT molecular complexity index is 1520. The molecule has 0 spiro atoms. The van der Waals surface area contributed by atoms with Gasteiger partial charge in [0.05, 0.1) is 31.1 Å². The lowest BCUT2D eigenvalue weighted by molar-refractivity contribution is 0.415. The van der Waals surface area contributed by atoms with E-state index in [1.54, 1.807) is 14.2 Å². The summed E-state index contributed by atoms with van der Waals surface area (Å²) in [6.07, 6.45) is 0. The summed E-state index contributed by atoms with van der Waals surface area (Å²) in [6, 6.07) is 24.8. The fourth-order valence-corrected chi connectivity index (χ4v) is 3.85. The van der Waals surface area contributed by atoms with E-state index < -0.39 is 0 Å². The Labute approximate surface area is 202 Å². The van der Waals surface area contributed by atoms with Gasteiger partial charge in [0.1, 0.15) is 17.3 Å². The normalized spacial score (nSPS) is 10.8. The minimum atomic E-state index is 0.172. The zero-order valence-electron chi connectivity index (χ0n) is 19.3. The summed E-state index contributed by atoms with van der Waals surface area (Å²) in [4.78, 5) is 13.5. The van der Waals surface area contributed by atoms with Crippen LogP contribution in [0.1, 0.15) is 0 Å². The predicted molar refractivity (Wildman–Crippen MR) is 140 cm³/mol. The number of hydrogen-bond acceptors (Lipinski definition) is 8. The number of ether oxygens (including phenoxy) is 2. The van der Waals surface area contributed by atoms with Crippen molar-refractivity contribution in [2.75, 3.05) is 31.0 Å². The van der Waals surface area contributed by atoms with Gasteiger partial charge in [-0.2, -0.15) is 4.98 Å². The van der Waals surface area contributed by atoms with Gasteiger partial charge in [-0.25, -0.2) is 9.97 Å². The van der Waals surface area contributed by atoms with Crippen molar-refractivity contribution in [3.05, 3.63) is 78.9 Å². The smallest absolute Gasteiger partial charge is 0.222 e. The highest BCUT2D eigenvalue weighted by atomic mass is 16.5. The Kier molecular flexibility index (Phi) is 5.76. The number of nitrogens with one attached hydrogen (secondary N) is 1. The summed E-state index contributed by atoms with van der Waals surface area (Å²) < 4.78 is 10.6. The Morgan fingerprint density at radius 2 is 1.46 bits per heavy atom. The van der Waals surface area contributed by atoms with Crippen LogP contribution in [-0.4, -0.2) is 29.2 Å². The molecule has 3 aromatic carbocycles. The van der Waals surface area contributed by atoms with Crippen molar-refractivity contribution in [3.63, 3.8) is 0 Å². The van der Waals surface area contributed by atoms with Crippen LogP contribution >= 0.6 is 0 Å². The lowest BCUT2D eigenvalue weighted by Crippen LogP contribution is -2.02. The first kappa shape index (κ1) is 22.0. The van der Waals surface area contributed by atoms with E-state index in [9.17, 15) is 0 Å². The molecule has 8 heteroatoms. The average molecular weight is 465 g/mol. The summed E-state index contributed by atoms with van der Waals surface area (Å²) in [5.41, 5.74) is 17.9. The maximum Gasteiger partial charge on any atom is 0.222 e. The molecule has 0 radical (unpaired) electrons. The second kappa shape index (κ2) is 9.18. The van der Waals surface area contributed by atoms with Crippen LogP contribution in [-0.2, 0) is 0 Å². The first-order valence-corrected chi connectivity index (χ1v) is 10.9. The molecule has 174 valence electrons. The number of methoxy groups -OCH3 is 2. The van der Waals surface area contributed by atoms with Gasteiger partial charge in [-0.1, -0.05) is 12.1 Å². The third-order valence-corrected chi connectivity index (χ3v) is 5.61. The minimum absolute atomic E-state index is 0.172. The van der Waals surface area contributed by atoms with Gasteiger partial charge in [-0.15, -0.1) is 0 Å². The highest BCUT2D eigenvalue weighted by Gasteiger charge is 2.10. The average Bonchev–Trinajstić information content (AvgIpc) is 2.88. The quantitative estimate of drug-likeness (QED) is 0.310. The van der Waals surface area contributed by atoms with Crippen LogP contribution in [0.2, 0.25) is 0 Å². The monoisotopic (exact) mass is 464 g/mol. The van der Waals surface area contributed by atoms with Crippen LogP contribution in [0.5, 0.6) is 11.5 Å². The number of nitrogens with two attached hydrogens (primary N) is 2. The van der Waals surface area contributed by atoms with Crippen molar-refractivity contribution >= 4 is 34.0 Å². The molecule has 0 atom stereocenters. The topological polar surface area (TPSA) is 121 Å². The van der Waals surface area contributed by atoms with Crippen molar-refractivity contribution in [1.82, 2.24) is 15.0 Å². The molecule has 0 fully saturated rings. The molecule has 2 heterocycles. The van der Waals surface area contributed by atoms with Crippen molar-refractivity contribution in [1.29, 1.82) is 0 Å². The van der Waals surface area contributed by atoms with E-state index in [-0.39, 0.29) is 5.95 Å². The highest BCUT2D eigenvalue weighted by molar-refractivity contribution is 5.95. The first-order chi connectivity index (χ1) is 17.0. The van der Waals surface area contributed by atoms with Gasteiger partial charge >= 0.3 is 0 Å². The number of nitrogen functional groups attached to an aromatic ring is 2. The number of rotatable bonds is 6. The van der Waals surface area contributed by atoms with Crippen LogP contribution in [0.25, 0.3) is 33.4 Å². The number of nitrogens with zero attached hydrogens (tertiary/aromatic N) is 3. The van der Waals surface area contributed by atoms with Gasteiger partial charge in [0.15, 0.2) is 0 Å². The molecule has 35 heavy (non-hydrogen) atoms. The van der Waals surface area contributed by atoms with E-state index in [1.807, 2.05) is 78.9 Å². The summed E-state index contributed by atoms with van der Waals surface area (Å²) >= 11 is 0. The van der Waals surface area contributed by atoms with E-state index in [2.05, 4.69) is 15.3 Å². The molecule has 0 saturated heterocycles. The predicted octanol–water partition coefficient (Wildman–Crippen LogP) is 5.28. The number of fused-ring (bicyclic) bond motifs is 1. The summed E-state index contributed by atoms with van der Waals surface area (Å²) in [6.45, 7) is 0. The maximum atomic E-state index is 6.42. The first-order valence-electron chi connectivity index (χ1n) is 10.9. The molecule has 0 aliphatic rings. The Balaban J connectivity index is 1.45. The fraction of sp³-hybridized carbons (Fsp3) is 0.0741. The van der Waals surface area contributed by atoms with Gasteiger partial charge in [0, 0.05) is 34.0 Å². The van der Waals surface area contributed by atoms with Crippen molar-refractivity contribution < 1.29 is 9.47 Å². The lowest BCUT2D eigenvalue weighted by Gasteiger charge is -2.12. The molecular weight excluding hydrogens is 440 g/mol. The zero-order chi connectivity index (χ0) is 24.4. The second-order valence-corrected chi connectivity index (χ2v) is 7.91. The van der Waals surface area contributed by atoms with Gasteiger partial charge in [0.2, 0.25) is 5.95 Å². The maximum absolute atomic E-state index is 6.42. The van der Waals surface area contributed by atoms with E-state index >= 15 is 0 Å². The fourth-order valence-electron chi connectivity index (χ4n) is 3.85. The number of benzene rings is 3. The van der Waals surface area contributed by atoms with Crippen LogP contribution in [0.15, 0.2) is 78.9 Å². The molecule has 0 amide bonds. The van der Waals surface area contributed by atoms with Crippen molar-refractivity contribution in [3.8, 4) is 34.0 Å². The van der Waals surface area contributed by atoms with Crippen LogP contribution in [0.4, 0.5) is 23.1 Å². The molecule has 0 unspecified atom stereocenters. The third-order valence-electron chi connectivity index (χ3n) is 5.61. The van der Waals surface area contributed by atoms with Crippen molar-refractivity contribution in [2.24, 2.45) is 0 Å². The lowest BCUT2D eigenvalue weighted by atomic mass is 10.1. The Morgan fingerprint density at radius 1 is 0.686 bits per heavy atom. The minimum Gasteiger partial charge on any atom is -0.497 e. The standard InChI is InChI=1S/C27H24N6O2/c1-34-19-9-6-16(7-10-19)25-15-26(33-27(29)32-25)30-18-8-11-23-21(13-18)22(28)14-24(31-23)17-4-3-5-20(12-17)35-2/h3-15H,1-2H3,(H2,28,31)(H3,29,30,32,33). The molecule has 8 nitrogen and oxygen atoms in total. The van der Waals surface area contributed by atoms with E-state index in [0.717, 1.165) is 44.9 Å². The molecule has 0 saturated carbocycles. The number of hydrogen-bond donors (Lipinski definition) is 3. The molecule has 5 rings (SSSR count). The number of pyridine rings is 1.